The van der Waals surface area contributed by atoms with Gasteiger partial charge in [0.15, 0.2) is 0 Å². The third-order valence-corrected chi connectivity index (χ3v) is 3.38. The number of hydrogen-bond donors (Lipinski definition) is 2. The SMILES string of the molecule is COc1ccc([N+](=O)[O-])cc1CNC(=O)CC1COCCN1.Cl. The lowest BCUT2D eigenvalue weighted by Gasteiger charge is -2.23. The van der Waals surface area contributed by atoms with Crippen LogP contribution in [0.1, 0.15) is 12.0 Å². The topological polar surface area (TPSA) is 103 Å². The number of nitro groups is 1. The molecule has 1 aliphatic heterocycles. The van der Waals surface area contributed by atoms with Gasteiger partial charge in [-0.25, -0.2) is 0 Å². The van der Waals surface area contributed by atoms with Crippen molar-refractivity contribution in [2.75, 3.05) is 26.9 Å². The normalized spacial score (nSPS) is 17.0. The Morgan fingerprint density at radius 2 is 2.35 bits per heavy atom. The van der Waals surface area contributed by atoms with Gasteiger partial charge in [-0.15, -0.1) is 12.4 Å². The van der Waals surface area contributed by atoms with Gasteiger partial charge in [0.25, 0.3) is 5.69 Å². The van der Waals surface area contributed by atoms with E-state index in [1.54, 1.807) is 0 Å². The average Bonchev–Trinajstić information content (AvgIpc) is 2.53. The molecule has 2 rings (SSSR count). The highest BCUT2D eigenvalue weighted by Crippen LogP contribution is 2.23. The molecule has 0 aliphatic carbocycles. The van der Waals surface area contributed by atoms with Crippen molar-refractivity contribution in [3.05, 3.63) is 33.9 Å². The Hall–Kier alpha value is -1.90. The van der Waals surface area contributed by atoms with Crippen molar-refractivity contribution in [1.82, 2.24) is 10.6 Å². The van der Waals surface area contributed by atoms with E-state index in [2.05, 4.69) is 10.6 Å². The van der Waals surface area contributed by atoms with Crippen LogP contribution in [0.5, 0.6) is 5.75 Å². The minimum absolute atomic E-state index is 0. The molecule has 1 aliphatic rings. The zero-order valence-electron chi connectivity index (χ0n) is 12.7. The highest BCUT2D eigenvalue weighted by Gasteiger charge is 2.17. The van der Waals surface area contributed by atoms with Gasteiger partial charge in [0, 0.05) is 43.2 Å². The van der Waals surface area contributed by atoms with Gasteiger partial charge in [0.1, 0.15) is 5.75 Å². The fraction of sp³-hybridized carbons (Fsp3) is 0.500. The number of hydrogen-bond acceptors (Lipinski definition) is 6. The molecule has 2 N–H and O–H groups in total. The number of rotatable bonds is 6. The van der Waals surface area contributed by atoms with Gasteiger partial charge in [-0.1, -0.05) is 0 Å². The Kier molecular flexibility index (Phi) is 7.73. The van der Waals surface area contributed by atoms with Gasteiger partial charge in [-0.3, -0.25) is 14.9 Å². The first-order valence-electron chi connectivity index (χ1n) is 6.99. The maximum Gasteiger partial charge on any atom is 0.270 e. The number of benzene rings is 1. The van der Waals surface area contributed by atoms with Crippen LogP contribution in [0.3, 0.4) is 0 Å². The molecule has 1 aromatic rings. The molecule has 0 saturated carbocycles. The summed E-state index contributed by atoms with van der Waals surface area (Å²) in [5.41, 5.74) is 0.533. The summed E-state index contributed by atoms with van der Waals surface area (Å²) in [5.74, 6) is 0.363. The molecule has 1 aromatic carbocycles. The molecule has 9 heteroatoms. The third kappa shape index (κ3) is 5.66. The molecule has 1 heterocycles. The molecule has 1 saturated heterocycles. The van der Waals surface area contributed by atoms with Crippen LogP contribution in [0.2, 0.25) is 0 Å². The van der Waals surface area contributed by atoms with Crippen molar-refractivity contribution in [1.29, 1.82) is 0 Å². The van der Waals surface area contributed by atoms with Crippen LogP contribution in [-0.4, -0.2) is 43.7 Å². The molecule has 23 heavy (non-hydrogen) atoms. The first-order chi connectivity index (χ1) is 10.6. The van der Waals surface area contributed by atoms with E-state index in [1.807, 2.05) is 0 Å². The second-order valence-electron chi connectivity index (χ2n) is 4.96. The summed E-state index contributed by atoms with van der Waals surface area (Å²) in [6, 6.07) is 4.30. The largest absolute Gasteiger partial charge is 0.496 e. The summed E-state index contributed by atoms with van der Waals surface area (Å²) >= 11 is 0. The van der Waals surface area contributed by atoms with E-state index in [0.29, 0.717) is 30.9 Å². The van der Waals surface area contributed by atoms with Crippen molar-refractivity contribution in [3.8, 4) is 5.75 Å². The summed E-state index contributed by atoms with van der Waals surface area (Å²) in [4.78, 5) is 22.3. The van der Waals surface area contributed by atoms with E-state index in [0.717, 1.165) is 6.54 Å². The van der Waals surface area contributed by atoms with Gasteiger partial charge in [-0.2, -0.15) is 0 Å². The second kappa shape index (κ2) is 9.29. The van der Waals surface area contributed by atoms with Crippen LogP contribution in [-0.2, 0) is 16.1 Å². The molecule has 1 atom stereocenters. The Morgan fingerprint density at radius 1 is 1.57 bits per heavy atom. The van der Waals surface area contributed by atoms with E-state index < -0.39 is 4.92 Å². The number of carbonyl (C=O) groups excluding carboxylic acids is 1. The fourth-order valence-corrected chi connectivity index (χ4v) is 2.26. The number of amides is 1. The number of nitro benzene ring substituents is 1. The molecule has 8 nitrogen and oxygen atoms in total. The number of ether oxygens (including phenoxy) is 2. The Morgan fingerprint density at radius 3 is 2.96 bits per heavy atom. The molecular formula is C14H20ClN3O5. The predicted molar refractivity (Wildman–Crippen MR) is 86.0 cm³/mol. The van der Waals surface area contributed by atoms with Gasteiger partial charge in [0.05, 0.1) is 25.2 Å². The van der Waals surface area contributed by atoms with Crippen molar-refractivity contribution >= 4 is 24.0 Å². The highest BCUT2D eigenvalue weighted by atomic mass is 35.5. The Balaban J connectivity index is 0.00000264. The zero-order chi connectivity index (χ0) is 15.9. The fourth-order valence-electron chi connectivity index (χ4n) is 2.26. The summed E-state index contributed by atoms with van der Waals surface area (Å²) in [7, 11) is 1.48. The first-order valence-corrected chi connectivity index (χ1v) is 6.99. The Labute approximate surface area is 140 Å². The minimum atomic E-state index is -0.478. The summed E-state index contributed by atoms with van der Waals surface area (Å²) in [6.07, 6.45) is 0.303. The van der Waals surface area contributed by atoms with E-state index in [1.165, 1.54) is 25.3 Å². The predicted octanol–water partition coefficient (Wildman–Crippen LogP) is 1.02. The van der Waals surface area contributed by atoms with E-state index in [4.69, 9.17) is 9.47 Å². The molecule has 0 spiro atoms. The number of carbonyl (C=O) groups is 1. The first kappa shape index (κ1) is 19.1. The average molecular weight is 346 g/mol. The number of non-ortho nitro benzene ring substituents is 1. The maximum absolute atomic E-state index is 11.9. The smallest absolute Gasteiger partial charge is 0.270 e. The van der Waals surface area contributed by atoms with Crippen LogP contribution < -0.4 is 15.4 Å². The molecule has 0 aromatic heterocycles. The van der Waals surface area contributed by atoms with Crippen molar-refractivity contribution < 1.29 is 19.2 Å². The molecule has 128 valence electrons. The van der Waals surface area contributed by atoms with Gasteiger partial charge >= 0.3 is 0 Å². The van der Waals surface area contributed by atoms with Crippen LogP contribution in [0.4, 0.5) is 5.69 Å². The third-order valence-electron chi connectivity index (χ3n) is 3.38. The summed E-state index contributed by atoms with van der Waals surface area (Å²) in [5, 5.41) is 16.8. The second-order valence-corrected chi connectivity index (χ2v) is 4.96. The minimum Gasteiger partial charge on any atom is -0.496 e. The summed E-state index contributed by atoms with van der Waals surface area (Å²) in [6.45, 7) is 2.07. The number of methoxy groups -OCH3 is 1. The number of morpholine rings is 1. The highest BCUT2D eigenvalue weighted by molar-refractivity contribution is 5.85. The van der Waals surface area contributed by atoms with Gasteiger partial charge in [0.2, 0.25) is 5.91 Å². The lowest BCUT2D eigenvalue weighted by molar-refractivity contribution is -0.384. The van der Waals surface area contributed by atoms with Gasteiger partial charge in [-0.05, 0) is 6.07 Å². The molecule has 1 fully saturated rings. The standard InChI is InChI=1S/C14H19N3O5.ClH/c1-21-13-3-2-12(17(19)20)6-10(13)8-16-14(18)7-11-9-22-5-4-15-11;/h2-3,6,11,15H,4-5,7-9H2,1H3,(H,16,18);1H. The van der Waals surface area contributed by atoms with Gasteiger partial charge < -0.3 is 20.1 Å². The van der Waals surface area contributed by atoms with Crippen LogP contribution in [0.15, 0.2) is 18.2 Å². The molecule has 0 bridgehead atoms. The lowest BCUT2D eigenvalue weighted by Crippen LogP contribution is -2.44. The molecule has 0 radical (unpaired) electrons. The molecule has 1 amide bonds. The van der Waals surface area contributed by atoms with E-state index in [-0.39, 0.29) is 36.6 Å². The van der Waals surface area contributed by atoms with Crippen molar-refractivity contribution in [2.45, 2.75) is 19.0 Å². The number of halogens is 1. The zero-order valence-corrected chi connectivity index (χ0v) is 13.6. The van der Waals surface area contributed by atoms with Crippen LogP contribution >= 0.6 is 12.4 Å². The number of nitrogens with zero attached hydrogens (tertiary/aromatic N) is 1. The van der Waals surface area contributed by atoms with Crippen molar-refractivity contribution in [2.24, 2.45) is 0 Å². The molecular weight excluding hydrogens is 326 g/mol. The van der Waals surface area contributed by atoms with Crippen LogP contribution in [0, 0.1) is 10.1 Å². The lowest BCUT2D eigenvalue weighted by atomic mass is 10.1. The molecule has 1 unspecified atom stereocenters. The monoisotopic (exact) mass is 345 g/mol. The maximum atomic E-state index is 11.9. The quantitative estimate of drug-likeness (QED) is 0.589. The van der Waals surface area contributed by atoms with E-state index >= 15 is 0 Å². The number of nitrogens with one attached hydrogen (secondary N) is 2. The van der Waals surface area contributed by atoms with Crippen LogP contribution in [0.25, 0.3) is 0 Å². The van der Waals surface area contributed by atoms with E-state index in [9.17, 15) is 14.9 Å². The van der Waals surface area contributed by atoms with Crippen molar-refractivity contribution in [3.63, 3.8) is 0 Å². The Bertz CT molecular complexity index is 549. The summed E-state index contributed by atoms with van der Waals surface area (Å²) < 4.78 is 10.4.